The molecular formula is C24H33NO2S2. The standard InChI is InChI=1S/C24H33NO2S2/c1-2-3-4-5-6-10-17-27-21-15-13-19(14-16-21)18-22-23(26)25(24(28)29-22)20-11-8-7-9-12-20/h13-16,18,20H,2-12,17H2,1H3. The van der Waals surface area contributed by atoms with Gasteiger partial charge in [0.05, 0.1) is 11.5 Å². The van der Waals surface area contributed by atoms with Gasteiger partial charge in [0, 0.05) is 6.04 Å². The molecule has 1 aliphatic carbocycles. The van der Waals surface area contributed by atoms with Crippen LogP contribution in [-0.2, 0) is 4.79 Å². The number of amides is 1. The first-order valence-electron chi connectivity index (χ1n) is 11.2. The number of thiocarbonyl (C=S) groups is 1. The molecule has 0 radical (unpaired) electrons. The first-order valence-corrected chi connectivity index (χ1v) is 12.4. The maximum absolute atomic E-state index is 12.9. The van der Waals surface area contributed by atoms with Crippen molar-refractivity contribution in [1.82, 2.24) is 4.90 Å². The molecule has 29 heavy (non-hydrogen) atoms. The molecule has 2 aliphatic rings. The van der Waals surface area contributed by atoms with Crippen LogP contribution in [0.15, 0.2) is 29.2 Å². The molecule has 5 heteroatoms. The fraction of sp³-hybridized carbons (Fsp3) is 0.583. The van der Waals surface area contributed by atoms with Gasteiger partial charge in [-0.1, -0.05) is 94.4 Å². The normalized spacial score (nSPS) is 19.3. The van der Waals surface area contributed by atoms with E-state index >= 15 is 0 Å². The molecule has 1 heterocycles. The van der Waals surface area contributed by atoms with Crippen molar-refractivity contribution < 1.29 is 9.53 Å². The summed E-state index contributed by atoms with van der Waals surface area (Å²) in [6, 6.07) is 8.31. The topological polar surface area (TPSA) is 29.5 Å². The van der Waals surface area contributed by atoms with Gasteiger partial charge in [-0.2, -0.15) is 0 Å². The number of ether oxygens (including phenoxy) is 1. The van der Waals surface area contributed by atoms with Crippen LogP contribution in [0.5, 0.6) is 5.75 Å². The number of unbranched alkanes of at least 4 members (excludes halogenated alkanes) is 5. The third-order valence-electron chi connectivity index (χ3n) is 5.71. The van der Waals surface area contributed by atoms with Crippen molar-refractivity contribution in [2.24, 2.45) is 0 Å². The van der Waals surface area contributed by atoms with E-state index in [-0.39, 0.29) is 5.91 Å². The Bertz CT molecular complexity index is 708. The largest absolute Gasteiger partial charge is 0.494 e. The van der Waals surface area contributed by atoms with Crippen molar-refractivity contribution in [2.45, 2.75) is 83.6 Å². The Labute approximate surface area is 185 Å². The second kappa shape index (κ2) is 11.8. The van der Waals surface area contributed by atoms with Gasteiger partial charge in [0.1, 0.15) is 10.1 Å². The second-order valence-corrected chi connectivity index (χ2v) is 9.70. The highest BCUT2D eigenvalue weighted by molar-refractivity contribution is 8.26. The number of carbonyl (C=O) groups excluding carboxylic acids is 1. The highest BCUT2D eigenvalue weighted by Crippen LogP contribution is 2.37. The Kier molecular flexibility index (Phi) is 9.06. The average molecular weight is 432 g/mol. The predicted molar refractivity (Wildman–Crippen MR) is 127 cm³/mol. The van der Waals surface area contributed by atoms with Gasteiger partial charge in [0.15, 0.2) is 0 Å². The lowest BCUT2D eigenvalue weighted by atomic mass is 9.94. The minimum Gasteiger partial charge on any atom is -0.494 e. The third-order valence-corrected chi connectivity index (χ3v) is 7.04. The Balaban J connectivity index is 1.49. The van der Waals surface area contributed by atoms with Gasteiger partial charge in [-0.25, -0.2) is 0 Å². The molecule has 1 aromatic rings. The van der Waals surface area contributed by atoms with E-state index in [2.05, 4.69) is 6.92 Å². The van der Waals surface area contributed by atoms with Crippen LogP contribution in [0.3, 0.4) is 0 Å². The molecule has 0 unspecified atom stereocenters. The molecular weight excluding hydrogens is 398 g/mol. The van der Waals surface area contributed by atoms with Gasteiger partial charge >= 0.3 is 0 Å². The Morgan fingerprint density at radius 2 is 1.76 bits per heavy atom. The molecule has 1 aromatic carbocycles. The Hall–Kier alpha value is -1.33. The summed E-state index contributed by atoms with van der Waals surface area (Å²) in [6.45, 7) is 3.01. The monoisotopic (exact) mass is 431 g/mol. The number of benzene rings is 1. The van der Waals surface area contributed by atoms with Crippen LogP contribution < -0.4 is 4.74 Å². The van der Waals surface area contributed by atoms with Crippen LogP contribution in [-0.4, -0.2) is 27.8 Å². The van der Waals surface area contributed by atoms with Crippen LogP contribution >= 0.6 is 24.0 Å². The Morgan fingerprint density at radius 3 is 2.48 bits per heavy atom. The molecule has 0 N–H and O–H groups in total. The third kappa shape index (κ3) is 6.58. The van der Waals surface area contributed by atoms with Gasteiger partial charge in [0.2, 0.25) is 0 Å². The lowest BCUT2D eigenvalue weighted by Gasteiger charge is -2.29. The summed E-state index contributed by atoms with van der Waals surface area (Å²) in [7, 11) is 0. The van der Waals surface area contributed by atoms with Crippen LogP contribution in [0.2, 0.25) is 0 Å². The molecule has 1 amide bonds. The van der Waals surface area contributed by atoms with E-state index in [9.17, 15) is 4.79 Å². The number of thioether (sulfide) groups is 1. The predicted octanol–water partition coefficient (Wildman–Crippen LogP) is 6.96. The average Bonchev–Trinajstić information content (AvgIpc) is 3.02. The van der Waals surface area contributed by atoms with E-state index in [1.165, 1.54) is 63.1 Å². The van der Waals surface area contributed by atoms with Crippen LogP contribution in [0, 0.1) is 0 Å². The number of rotatable bonds is 10. The van der Waals surface area contributed by atoms with E-state index in [0.29, 0.717) is 10.4 Å². The summed E-state index contributed by atoms with van der Waals surface area (Å²) in [4.78, 5) is 15.5. The lowest BCUT2D eigenvalue weighted by molar-refractivity contribution is -0.124. The number of carbonyl (C=O) groups is 1. The quantitative estimate of drug-likeness (QED) is 0.227. The zero-order valence-corrected chi connectivity index (χ0v) is 19.2. The van der Waals surface area contributed by atoms with Crippen LogP contribution in [0.1, 0.15) is 83.1 Å². The molecule has 3 nitrogen and oxygen atoms in total. The van der Waals surface area contributed by atoms with Crippen molar-refractivity contribution >= 4 is 40.3 Å². The fourth-order valence-corrected chi connectivity index (χ4v) is 5.42. The second-order valence-electron chi connectivity index (χ2n) is 8.03. The van der Waals surface area contributed by atoms with Crippen molar-refractivity contribution in [3.63, 3.8) is 0 Å². The Morgan fingerprint density at radius 1 is 1.07 bits per heavy atom. The molecule has 0 atom stereocenters. The SMILES string of the molecule is CCCCCCCCOc1ccc(C=C2SC(=S)N(C3CCCCC3)C2=O)cc1. The molecule has 158 valence electrons. The van der Waals surface area contributed by atoms with Crippen molar-refractivity contribution in [3.05, 3.63) is 34.7 Å². The molecule has 0 bridgehead atoms. The lowest BCUT2D eigenvalue weighted by Crippen LogP contribution is -2.39. The van der Waals surface area contributed by atoms with E-state index in [4.69, 9.17) is 17.0 Å². The van der Waals surface area contributed by atoms with Gasteiger partial charge < -0.3 is 4.74 Å². The first kappa shape index (κ1) is 22.4. The molecule has 1 saturated heterocycles. The maximum atomic E-state index is 12.9. The van der Waals surface area contributed by atoms with Crippen molar-refractivity contribution in [3.8, 4) is 5.75 Å². The first-order chi connectivity index (χ1) is 14.2. The van der Waals surface area contributed by atoms with Crippen molar-refractivity contribution in [1.29, 1.82) is 0 Å². The zero-order chi connectivity index (χ0) is 20.5. The summed E-state index contributed by atoms with van der Waals surface area (Å²) < 4.78 is 6.57. The van der Waals surface area contributed by atoms with Crippen LogP contribution in [0.25, 0.3) is 6.08 Å². The summed E-state index contributed by atoms with van der Waals surface area (Å²) >= 11 is 6.95. The number of hydrogen-bond donors (Lipinski definition) is 0. The maximum Gasteiger partial charge on any atom is 0.266 e. The molecule has 0 spiro atoms. The van der Waals surface area contributed by atoms with E-state index in [0.717, 1.165) is 42.1 Å². The van der Waals surface area contributed by atoms with E-state index in [1.807, 2.05) is 35.2 Å². The summed E-state index contributed by atoms with van der Waals surface area (Å²) in [5, 5.41) is 0. The number of hydrogen-bond acceptors (Lipinski definition) is 4. The molecule has 1 saturated carbocycles. The molecule has 3 rings (SSSR count). The highest BCUT2D eigenvalue weighted by atomic mass is 32.2. The van der Waals surface area contributed by atoms with Gasteiger partial charge in [-0.15, -0.1) is 0 Å². The molecule has 2 fully saturated rings. The van der Waals surface area contributed by atoms with E-state index in [1.54, 1.807) is 0 Å². The summed E-state index contributed by atoms with van der Waals surface area (Å²) in [5.41, 5.74) is 1.01. The van der Waals surface area contributed by atoms with Gasteiger partial charge in [0.25, 0.3) is 5.91 Å². The van der Waals surface area contributed by atoms with Gasteiger partial charge in [-0.05, 0) is 43.0 Å². The summed E-state index contributed by atoms with van der Waals surface area (Å²) in [6.07, 6.45) is 15.4. The van der Waals surface area contributed by atoms with E-state index < -0.39 is 0 Å². The van der Waals surface area contributed by atoms with Crippen molar-refractivity contribution in [2.75, 3.05) is 6.61 Å². The minimum atomic E-state index is 0.0790. The smallest absolute Gasteiger partial charge is 0.266 e. The highest BCUT2D eigenvalue weighted by Gasteiger charge is 2.37. The molecule has 0 aromatic heterocycles. The minimum absolute atomic E-state index is 0.0790. The fourth-order valence-electron chi connectivity index (χ4n) is 4.02. The summed E-state index contributed by atoms with van der Waals surface area (Å²) in [5.74, 6) is 0.973. The zero-order valence-electron chi connectivity index (χ0n) is 17.5. The van der Waals surface area contributed by atoms with Gasteiger partial charge in [-0.3, -0.25) is 9.69 Å². The van der Waals surface area contributed by atoms with Crippen LogP contribution in [0.4, 0.5) is 0 Å². The number of nitrogens with zero attached hydrogens (tertiary/aromatic N) is 1. The molecule has 1 aliphatic heterocycles.